The van der Waals surface area contributed by atoms with Gasteiger partial charge in [-0.25, -0.2) is 4.98 Å². The van der Waals surface area contributed by atoms with Crippen molar-refractivity contribution in [2.75, 3.05) is 21.3 Å². The van der Waals surface area contributed by atoms with E-state index >= 15 is 0 Å². The molecule has 6 nitrogen and oxygen atoms in total. The van der Waals surface area contributed by atoms with Crippen LogP contribution < -0.4 is 14.2 Å². The maximum Gasteiger partial charge on any atom is 0.255 e. The first-order valence-electron chi connectivity index (χ1n) is 6.20. The van der Waals surface area contributed by atoms with Crippen LogP contribution in [0.1, 0.15) is 10.4 Å². The first kappa shape index (κ1) is 14.6. The fourth-order valence-electron chi connectivity index (χ4n) is 1.84. The number of hydrogen-bond acceptors (Lipinski definition) is 5. The first-order valence-corrected chi connectivity index (χ1v) is 6.20. The van der Waals surface area contributed by atoms with Gasteiger partial charge in [0.25, 0.3) is 5.91 Å². The molecule has 0 aliphatic heterocycles. The molecule has 2 aromatic rings. The lowest BCUT2D eigenvalue weighted by Crippen LogP contribution is -2.03. The Balaban J connectivity index is 2.30. The van der Waals surface area contributed by atoms with Crippen LogP contribution in [0.3, 0.4) is 0 Å². The molecule has 2 rings (SSSR count). The minimum absolute atomic E-state index is 0.193. The average Bonchev–Trinajstić information content (AvgIpc) is 3.05. The van der Waals surface area contributed by atoms with E-state index in [1.54, 1.807) is 51.9 Å². The van der Waals surface area contributed by atoms with Gasteiger partial charge in [0, 0.05) is 18.5 Å². The number of ether oxygens (including phenoxy) is 3. The molecule has 0 radical (unpaired) electrons. The highest BCUT2D eigenvalue weighted by atomic mass is 16.5. The highest BCUT2D eigenvalue weighted by Gasteiger charge is 2.12. The second kappa shape index (κ2) is 6.60. The molecule has 1 aromatic heterocycles. The van der Waals surface area contributed by atoms with Gasteiger partial charge in [-0.05, 0) is 23.8 Å². The van der Waals surface area contributed by atoms with Gasteiger partial charge in [0.1, 0.15) is 6.33 Å². The zero-order valence-electron chi connectivity index (χ0n) is 12.1. The lowest BCUT2D eigenvalue weighted by atomic mass is 10.1. The van der Waals surface area contributed by atoms with E-state index in [0.717, 1.165) is 5.56 Å². The molecular formula is C15H16N2O4. The predicted octanol–water partition coefficient (Wildman–Crippen LogP) is 2.26. The third-order valence-electron chi connectivity index (χ3n) is 2.86. The molecule has 1 aromatic carbocycles. The Morgan fingerprint density at radius 3 is 2.29 bits per heavy atom. The molecule has 0 amide bonds. The van der Waals surface area contributed by atoms with Crippen molar-refractivity contribution in [3.8, 4) is 17.2 Å². The second-order valence-electron chi connectivity index (χ2n) is 4.10. The maximum absolute atomic E-state index is 11.9. The number of carbonyl (C=O) groups is 1. The van der Waals surface area contributed by atoms with E-state index in [1.807, 2.05) is 0 Å². The van der Waals surface area contributed by atoms with Crippen LogP contribution in [0.4, 0.5) is 0 Å². The number of benzene rings is 1. The van der Waals surface area contributed by atoms with Crippen molar-refractivity contribution in [3.05, 3.63) is 42.5 Å². The van der Waals surface area contributed by atoms with Crippen molar-refractivity contribution in [2.24, 2.45) is 0 Å². The van der Waals surface area contributed by atoms with Gasteiger partial charge >= 0.3 is 0 Å². The number of allylic oxidation sites excluding steroid dienone is 1. The summed E-state index contributed by atoms with van der Waals surface area (Å²) in [5, 5.41) is 0. The summed E-state index contributed by atoms with van der Waals surface area (Å²) in [5.74, 6) is 1.39. The van der Waals surface area contributed by atoms with Crippen molar-refractivity contribution in [2.45, 2.75) is 0 Å². The van der Waals surface area contributed by atoms with E-state index in [2.05, 4.69) is 4.98 Å². The molecule has 0 aliphatic rings. The molecule has 0 N–H and O–H groups in total. The van der Waals surface area contributed by atoms with Gasteiger partial charge in [-0.1, -0.05) is 0 Å². The molecule has 0 spiro atoms. The Morgan fingerprint density at radius 1 is 1.14 bits per heavy atom. The highest BCUT2D eigenvalue weighted by Crippen LogP contribution is 2.38. The summed E-state index contributed by atoms with van der Waals surface area (Å²) in [6, 6.07) is 3.53. The van der Waals surface area contributed by atoms with Crippen molar-refractivity contribution in [1.82, 2.24) is 9.55 Å². The average molecular weight is 288 g/mol. The molecule has 0 unspecified atom stereocenters. The summed E-state index contributed by atoms with van der Waals surface area (Å²) >= 11 is 0. The Morgan fingerprint density at radius 2 is 1.81 bits per heavy atom. The summed E-state index contributed by atoms with van der Waals surface area (Å²) in [5.41, 5.74) is 0.762. The molecule has 0 bridgehead atoms. The van der Waals surface area contributed by atoms with E-state index in [-0.39, 0.29) is 5.91 Å². The van der Waals surface area contributed by atoms with Crippen LogP contribution in [0, 0.1) is 0 Å². The predicted molar refractivity (Wildman–Crippen MR) is 78.0 cm³/mol. The first-order chi connectivity index (χ1) is 10.2. The zero-order valence-corrected chi connectivity index (χ0v) is 12.1. The molecule has 0 atom stereocenters. The van der Waals surface area contributed by atoms with Crippen LogP contribution in [0.2, 0.25) is 0 Å². The van der Waals surface area contributed by atoms with Crippen molar-refractivity contribution in [1.29, 1.82) is 0 Å². The summed E-state index contributed by atoms with van der Waals surface area (Å²) in [6.45, 7) is 0. The third-order valence-corrected chi connectivity index (χ3v) is 2.86. The van der Waals surface area contributed by atoms with E-state index < -0.39 is 0 Å². The lowest BCUT2D eigenvalue weighted by Gasteiger charge is -2.12. The quantitative estimate of drug-likeness (QED) is 0.790. The molecular weight excluding hydrogens is 272 g/mol. The number of nitrogens with zero attached hydrogens (tertiary/aromatic N) is 2. The van der Waals surface area contributed by atoms with Gasteiger partial charge < -0.3 is 14.2 Å². The molecule has 0 saturated carbocycles. The Labute approximate surface area is 122 Å². The molecule has 21 heavy (non-hydrogen) atoms. The molecule has 0 aliphatic carbocycles. The van der Waals surface area contributed by atoms with Crippen LogP contribution in [-0.4, -0.2) is 36.8 Å². The van der Waals surface area contributed by atoms with E-state index in [0.29, 0.717) is 17.2 Å². The summed E-state index contributed by atoms with van der Waals surface area (Å²) in [4.78, 5) is 15.7. The van der Waals surface area contributed by atoms with Crippen LogP contribution in [0.25, 0.3) is 6.08 Å². The minimum atomic E-state index is -0.193. The molecule has 6 heteroatoms. The largest absolute Gasteiger partial charge is 0.493 e. The number of rotatable bonds is 5. The van der Waals surface area contributed by atoms with E-state index in [9.17, 15) is 4.79 Å². The SMILES string of the molecule is COc1cc(/C=C/C(=O)n2ccnc2)cc(OC)c1OC. The Bertz CT molecular complexity index is 623. The Hall–Kier alpha value is -2.76. The van der Waals surface area contributed by atoms with Crippen molar-refractivity contribution in [3.63, 3.8) is 0 Å². The van der Waals surface area contributed by atoms with Gasteiger partial charge in [0.05, 0.1) is 21.3 Å². The topological polar surface area (TPSA) is 62.6 Å². The number of carbonyl (C=O) groups excluding carboxylic acids is 1. The van der Waals surface area contributed by atoms with Crippen LogP contribution in [-0.2, 0) is 0 Å². The van der Waals surface area contributed by atoms with Gasteiger partial charge in [0.15, 0.2) is 11.5 Å². The summed E-state index contributed by atoms with van der Waals surface area (Å²) < 4.78 is 17.1. The fourth-order valence-corrected chi connectivity index (χ4v) is 1.84. The monoisotopic (exact) mass is 288 g/mol. The fraction of sp³-hybridized carbons (Fsp3) is 0.200. The van der Waals surface area contributed by atoms with Crippen molar-refractivity contribution >= 4 is 12.0 Å². The van der Waals surface area contributed by atoms with E-state index in [4.69, 9.17) is 14.2 Å². The van der Waals surface area contributed by atoms with Crippen LogP contribution in [0.5, 0.6) is 17.2 Å². The normalized spacial score (nSPS) is 10.6. The van der Waals surface area contributed by atoms with Gasteiger partial charge in [0.2, 0.25) is 5.75 Å². The van der Waals surface area contributed by atoms with Crippen molar-refractivity contribution < 1.29 is 19.0 Å². The Kier molecular flexibility index (Phi) is 4.61. The number of imidazole rings is 1. The standard InChI is InChI=1S/C15H16N2O4/c1-19-12-8-11(9-13(20-2)15(12)21-3)4-5-14(18)17-7-6-16-10-17/h4-10H,1-3H3/b5-4+. The highest BCUT2D eigenvalue weighted by molar-refractivity contribution is 5.93. The van der Waals surface area contributed by atoms with Crippen LogP contribution in [0.15, 0.2) is 36.9 Å². The number of aromatic nitrogens is 2. The smallest absolute Gasteiger partial charge is 0.255 e. The molecule has 0 saturated heterocycles. The summed E-state index contributed by atoms with van der Waals surface area (Å²) in [6.07, 6.45) is 7.70. The van der Waals surface area contributed by atoms with Gasteiger partial charge in [-0.15, -0.1) is 0 Å². The minimum Gasteiger partial charge on any atom is -0.493 e. The molecule has 1 heterocycles. The maximum atomic E-state index is 11.9. The number of hydrogen-bond donors (Lipinski definition) is 0. The molecule has 0 fully saturated rings. The second-order valence-corrected chi connectivity index (χ2v) is 4.10. The lowest BCUT2D eigenvalue weighted by molar-refractivity contribution is 0.0969. The van der Waals surface area contributed by atoms with E-state index in [1.165, 1.54) is 17.0 Å². The zero-order chi connectivity index (χ0) is 15.2. The van der Waals surface area contributed by atoms with Gasteiger partial charge in [-0.2, -0.15) is 0 Å². The summed E-state index contributed by atoms with van der Waals surface area (Å²) in [7, 11) is 4.63. The van der Waals surface area contributed by atoms with Gasteiger partial charge in [-0.3, -0.25) is 9.36 Å². The third kappa shape index (κ3) is 3.22. The molecule has 110 valence electrons. The number of methoxy groups -OCH3 is 3. The van der Waals surface area contributed by atoms with Crippen LogP contribution >= 0.6 is 0 Å².